The molecule has 2 aromatic carbocycles. The standard InChI is InChI=1S/C22H21N3O7/c1-13(19(27)23-15-8-9-16-17(10-15)31-12-30-16)32-18(26)11-25-20(28)22(2,24-21(25)29)14-6-4-3-5-7-14/h3-10,13H,11-12H2,1-2H3,(H,23,27)(H,24,29)/t13-,22+/m0/s1. The van der Waals surface area contributed by atoms with Crippen LogP contribution in [0.2, 0.25) is 0 Å². The largest absolute Gasteiger partial charge is 0.454 e. The predicted molar refractivity (Wildman–Crippen MR) is 111 cm³/mol. The molecule has 2 atom stereocenters. The molecule has 2 aliphatic heterocycles. The summed E-state index contributed by atoms with van der Waals surface area (Å²) in [5.74, 6) is -0.989. The maximum atomic E-state index is 12.9. The zero-order valence-electron chi connectivity index (χ0n) is 17.4. The first-order valence-corrected chi connectivity index (χ1v) is 9.87. The van der Waals surface area contributed by atoms with Crippen LogP contribution in [0.4, 0.5) is 10.5 Å². The van der Waals surface area contributed by atoms with E-state index < -0.39 is 42.0 Å². The molecule has 0 aliphatic carbocycles. The van der Waals surface area contributed by atoms with Gasteiger partial charge < -0.3 is 24.8 Å². The third kappa shape index (κ3) is 3.94. The summed E-state index contributed by atoms with van der Waals surface area (Å²) < 4.78 is 15.6. The van der Waals surface area contributed by atoms with Gasteiger partial charge in [0.15, 0.2) is 17.6 Å². The number of esters is 1. The summed E-state index contributed by atoms with van der Waals surface area (Å²) in [4.78, 5) is 50.7. The lowest BCUT2D eigenvalue weighted by molar-refractivity contribution is -0.155. The van der Waals surface area contributed by atoms with Crippen molar-refractivity contribution < 1.29 is 33.4 Å². The second kappa shape index (κ2) is 8.22. The molecule has 10 nitrogen and oxygen atoms in total. The van der Waals surface area contributed by atoms with Crippen molar-refractivity contribution in [2.24, 2.45) is 0 Å². The van der Waals surface area contributed by atoms with Crippen LogP contribution in [-0.2, 0) is 24.7 Å². The number of ether oxygens (including phenoxy) is 3. The highest BCUT2D eigenvalue weighted by Gasteiger charge is 2.49. The molecule has 2 N–H and O–H groups in total. The first kappa shape index (κ1) is 21.2. The van der Waals surface area contributed by atoms with Crippen LogP contribution in [0.1, 0.15) is 19.4 Å². The van der Waals surface area contributed by atoms with Gasteiger partial charge in [-0.1, -0.05) is 30.3 Å². The number of nitrogens with zero attached hydrogens (tertiary/aromatic N) is 1. The molecule has 10 heteroatoms. The van der Waals surface area contributed by atoms with Gasteiger partial charge in [0.25, 0.3) is 11.8 Å². The summed E-state index contributed by atoms with van der Waals surface area (Å²) in [7, 11) is 0. The van der Waals surface area contributed by atoms with E-state index in [4.69, 9.17) is 14.2 Å². The quantitative estimate of drug-likeness (QED) is 0.519. The summed E-state index contributed by atoms with van der Waals surface area (Å²) in [5, 5.41) is 5.22. The average molecular weight is 439 g/mol. The Kier molecular flexibility index (Phi) is 5.43. The van der Waals surface area contributed by atoms with Crippen LogP contribution in [0.15, 0.2) is 48.5 Å². The number of hydrogen-bond acceptors (Lipinski definition) is 7. The fraction of sp³-hybridized carbons (Fsp3) is 0.273. The Bertz CT molecular complexity index is 1090. The van der Waals surface area contributed by atoms with Crippen LogP contribution < -0.4 is 20.1 Å². The normalized spacial score (nSPS) is 20.0. The van der Waals surface area contributed by atoms with E-state index in [1.54, 1.807) is 55.5 Å². The molecular weight excluding hydrogens is 418 g/mol. The number of benzene rings is 2. The van der Waals surface area contributed by atoms with Gasteiger partial charge in [-0.05, 0) is 31.5 Å². The molecule has 2 heterocycles. The Morgan fingerprint density at radius 3 is 2.62 bits per heavy atom. The lowest BCUT2D eigenvalue weighted by Gasteiger charge is -2.22. The maximum Gasteiger partial charge on any atom is 0.327 e. The molecule has 2 aliphatic rings. The van der Waals surface area contributed by atoms with Crippen molar-refractivity contribution in [1.82, 2.24) is 10.2 Å². The molecule has 166 valence electrons. The average Bonchev–Trinajstić information content (AvgIpc) is 3.32. The molecule has 0 unspecified atom stereocenters. The van der Waals surface area contributed by atoms with Crippen molar-refractivity contribution in [3.05, 3.63) is 54.1 Å². The van der Waals surface area contributed by atoms with Gasteiger partial charge in [-0.3, -0.25) is 19.3 Å². The molecule has 0 aromatic heterocycles. The number of carbonyl (C=O) groups is 4. The molecule has 2 aromatic rings. The Hall–Kier alpha value is -4.08. The van der Waals surface area contributed by atoms with Gasteiger partial charge in [-0.2, -0.15) is 0 Å². The number of rotatable bonds is 6. The zero-order chi connectivity index (χ0) is 22.9. The van der Waals surface area contributed by atoms with Crippen molar-refractivity contribution in [1.29, 1.82) is 0 Å². The number of hydrogen-bond donors (Lipinski definition) is 2. The monoisotopic (exact) mass is 439 g/mol. The van der Waals surface area contributed by atoms with Crippen LogP contribution in [0.3, 0.4) is 0 Å². The minimum atomic E-state index is -1.29. The summed E-state index contributed by atoms with van der Waals surface area (Å²) in [6, 6.07) is 12.9. The summed E-state index contributed by atoms with van der Waals surface area (Å²) in [5.41, 5.74) is -0.262. The third-order valence-corrected chi connectivity index (χ3v) is 5.23. The van der Waals surface area contributed by atoms with Gasteiger partial charge in [0, 0.05) is 11.8 Å². The number of urea groups is 1. The van der Waals surface area contributed by atoms with E-state index in [0.29, 0.717) is 22.7 Å². The second-order valence-electron chi connectivity index (χ2n) is 7.50. The van der Waals surface area contributed by atoms with Crippen molar-refractivity contribution in [3.63, 3.8) is 0 Å². The van der Waals surface area contributed by atoms with Crippen LogP contribution >= 0.6 is 0 Å². The molecule has 1 saturated heterocycles. The highest BCUT2D eigenvalue weighted by Crippen LogP contribution is 2.34. The number of anilines is 1. The second-order valence-corrected chi connectivity index (χ2v) is 7.50. The van der Waals surface area contributed by atoms with E-state index in [1.807, 2.05) is 0 Å². The molecular formula is C22H21N3O7. The van der Waals surface area contributed by atoms with Crippen molar-refractivity contribution in [2.45, 2.75) is 25.5 Å². The highest BCUT2D eigenvalue weighted by atomic mass is 16.7. The van der Waals surface area contributed by atoms with E-state index in [2.05, 4.69) is 10.6 Å². The van der Waals surface area contributed by atoms with Gasteiger partial charge in [0.1, 0.15) is 12.1 Å². The molecule has 0 spiro atoms. The number of amides is 4. The van der Waals surface area contributed by atoms with Crippen molar-refractivity contribution >= 4 is 29.5 Å². The molecule has 4 amide bonds. The molecule has 4 rings (SSSR count). The summed E-state index contributed by atoms with van der Waals surface area (Å²) >= 11 is 0. The molecule has 0 saturated carbocycles. The van der Waals surface area contributed by atoms with Crippen LogP contribution in [0, 0.1) is 0 Å². The molecule has 32 heavy (non-hydrogen) atoms. The van der Waals surface area contributed by atoms with Crippen LogP contribution in [0.25, 0.3) is 0 Å². The summed E-state index contributed by atoms with van der Waals surface area (Å²) in [6.45, 7) is 2.44. The lowest BCUT2D eigenvalue weighted by atomic mass is 9.92. The Morgan fingerprint density at radius 1 is 1.16 bits per heavy atom. The molecule has 0 radical (unpaired) electrons. The van der Waals surface area contributed by atoms with Crippen molar-refractivity contribution in [2.75, 3.05) is 18.7 Å². The van der Waals surface area contributed by atoms with Gasteiger partial charge in [0.2, 0.25) is 6.79 Å². The maximum absolute atomic E-state index is 12.9. The first-order valence-electron chi connectivity index (χ1n) is 9.87. The highest BCUT2D eigenvalue weighted by molar-refractivity contribution is 6.09. The summed E-state index contributed by atoms with van der Waals surface area (Å²) in [6.07, 6.45) is -1.16. The Morgan fingerprint density at radius 2 is 1.88 bits per heavy atom. The van der Waals surface area contributed by atoms with Crippen LogP contribution in [0.5, 0.6) is 11.5 Å². The number of nitrogens with one attached hydrogen (secondary N) is 2. The predicted octanol–water partition coefficient (Wildman–Crippen LogP) is 1.75. The Labute approximate surface area is 183 Å². The zero-order valence-corrected chi connectivity index (χ0v) is 17.4. The van der Waals surface area contributed by atoms with Crippen LogP contribution in [-0.4, -0.2) is 48.2 Å². The lowest BCUT2D eigenvalue weighted by Crippen LogP contribution is -2.42. The third-order valence-electron chi connectivity index (χ3n) is 5.23. The van der Waals surface area contributed by atoms with E-state index in [1.165, 1.54) is 6.92 Å². The first-order chi connectivity index (χ1) is 15.3. The molecule has 1 fully saturated rings. The SMILES string of the molecule is C[C@H](OC(=O)CN1C(=O)N[C@](C)(c2ccccc2)C1=O)C(=O)Nc1ccc2c(c1)OCO2. The smallest absolute Gasteiger partial charge is 0.327 e. The fourth-order valence-corrected chi connectivity index (χ4v) is 3.44. The molecule has 0 bridgehead atoms. The van der Waals surface area contributed by atoms with Gasteiger partial charge in [-0.25, -0.2) is 4.79 Å². The van der Waals surface area contributed by atoms with E-state index in [9.17, 15) is 19.2 Å². The number of carbonyl (C=O) groups excluding carboxylic acids is 4. The number of fused-ring (bicyclic) bond motifs is 1. The van der Waals surface area contributed by atoms with Gasteiger partial charge in [0.05, 0.1) is 0 Å². The fourth-order valence-electron chi connectivity index (χ4n) is 3.44. The Balaban J connectivity index is 1.35. The van der Waals surface area contributed by atoms with Crippen molar-refractivity contribution in [3.8, 4) is 11.5 Å². The van der Waals surface area contributed by atoms with Gasteiger partial charge in [-0.15, -0.1) is 0 Å². The minimum absolute atomic E-state index is 0.104. The minimum Gasteiger partial charge on any atom is -0.454 e. The van der Waals surface area contributed by atoms with Gasteiger partial charge >= 0.3 is 12.0 Å². The topological polar surface area (TPSA) is 123 Å². The van der Waals surface area contributed by atoms with E-state index in [-0.39, 0.29) is 6.79 Å². The van der Waals surface area contributed by atoms with E-state index in [0.717, 1.165) is 4.90 Å². The number of imide groups is 1. The van der Waals surface area contributed by atoms with E-state index >= 15 is 0 Å².